The third-order valence-electron chi connectivity index (χ3n) is 4.08. The highest BCUT2D eigenvalue weighted by molar-refractivity contribution is 9.10. The van der Waals surface area contributed by atoms with Crippen LogP contribution in [0.2, 0.25) is 0 Å². The Labute approximate surface area is 167 Å². The Bertz CT molecular complexity index is 881. The fourth-order valence-electron chi connectivity index (χ4n) is 2.71. The smallest absolute Gasteiger partial charge is 0.191 e. The first-order chi connectivity index (χ1) is 12.6. The molecular formula is C20H22BrN3OS. The number of hydrogen-bond acceptors (Lipinski definition) is 4. The van der Waals surface area contributed by atoms with Gasteiger partial charge in [0, 0.05) is 16.8 Å². The lowest BCUT2D eigenvalue weighted by Crippen LogP contribution is -2.12. The van der Waals surface area contributed by atoms with E-state index in [4.69, 9.17) is 4.74 Å². The minimum atomic E-state index is -0.163. The van der Waals surface area contributed by atoms with Gasteiger partial charge in [-0.3, -0.25) is 0 Å². The molecule has 6 heteroatoms. The van der Waals surface area contributed by atoms with Gasteiger partial charge in [-0.15, -0.1) is 10.2 Å². The summed E-state index contributed by atoms with van der Waals surface area (Å²) in [5.41, 5.74) is 2.37. The average Bonchev–Trinajstić information content (AvgIpc) is 3.05. The van der Waals surface area contributed by atoms with Crippen molar-refractivity contribution in [2.45, 2.75) is 44.3 Å². The van der Waals surface area contributed by atoms with E-state index in [2.05, 4.69) is 49.8 Å². The van der Waals surface area contributed by atoms with Gasteiger partial charge in [0.2, 0.25) is 0 Å². The van der Waals surface area contributed by atoms with Crippen LogP contribution in [-0.2, 0) is 12.3 Å². The van der Waals surface area contributed by atoms with Gasteiger partial charge < -0.3 is 9.30 Å². The van der Waals surface area contributed by atoms with Crippen molar-refractivity contribution in [3.63, 3.8) is 0 Å². The normalized spacial score (nSPS) is 12.2. The summed E-state index contributed by atoms with van der Waals surface area (Å²) in [6.45, 7) is 6.98. The molecule has 0 bridgehead atoms. The van der Waals surface area contributed by atoms with Gasteiger partial charge in [-0.25, -0.2) is 0 Å². The monoisotopic (exact) mass is 431 g/mol. The van der Waals surface area contributed by atoms with Crippen molar-refractivity contribution in [2.24, 2.45) is 0 Å². The third-order valence-corrected chi connectivity index (χ3v) is 5.61. The number of aryl methyl sites for hydroxylation is 1. The van der Waals surface area contributed by atoms with E-state index in [9.17, 15) is 0 Å². The van der Waals surface area contributed by atoms with E-state index >= 15 is 0 Å². The molecule has 3 rings (SSSR count). The number of rotatable bonds is 7. The fourth-order valence-corrected chi connectivity index (χ4v) is 4.11. The highest BCUT2D eigenvalue weighted by Crippen LogP contribution is 2.28. The molecule has 0 radical (unpaired) electrons. The average molecular weight is 432 g/mol. The first kappa shape index (κ1) is 19.0. The Morgan fingerprint density at radius 1 is 1.15 bits per heavy atom. The lowest BCUT2D eigenvalue weighted by Gasteiger charge is -2.17. The highest BCUT2D eigenvalue weighted by Gasteiger charge is 2.19. The van der Waals surface area contributed by atoms with Crippen LogP contribution in [0.25, 0.3) is 0 Å². The molecule has 1 atom stereocenters. The van der Waals surface area contributed by atoms with E-state index in [0.29, 0.717) is 0 Å². The van der Waals surface area contributed by atoms with Gasteiger partial charge in [0.1, 0.15) is 5.75 Å². The van der Waals surface area contributed by atoms with Gasteiger partial charge in [0.15, 0.2) is 17.1 Å². The highest BCUT2D eigenvalue weighted by atomic mass is 79.9. The number of halogens is 1. The number of benzene rings is 2. The van der Waals surface area contributed by atoms with Crippen LogP contribution in [0.15, 0.2) is 58.2 Å². The van der Waals surface area contributed by atoms with E-state index in [1.165, 1.54) is 5.56 Å². The molecule has 0 spiro atoms. The predicted octanol–water partition coefficient (Wildman–Crippen LogP) is 5.80. The molecule has 0 aliphatic heterocycles. The maximum absolute atomic E-state index is 6.13. The van der Waals surface area contributed by atoms with Crippen molar-refractivity contribution >= 4 is 27.7 Å². The minimum absolute atomic E-state index is 0.163. The van der Waals surface area contributed by atoms with Crippen molar-refractivity contribution in [2.75, 3.05) is 0 Å². The SMILES string of the molecule is CCn1c(SCc2cccc(Br)c2)nnc1C(C)Oc1ccccc1C. The zero-order valence-electron chi connectivity index (χ0n) is 15.1. The second-order valence-electron chi connectivity index (χ2n) is 6.03. The van der Waals surface area contributed by atoms with E-state index in [1.807, 2.05) is 50.2 Å². The summed E-state index contributed by atoms with van der Waals surface area (Å²) in [5.74, 6) is 2.59. The molecule has 1 aromatic heterocycles. The predicted molar refractivity (Wildman–Crippen MR) is 110 cm³/mol. The first-order valence-electron chi connectivity index (χ1n) is 8.61. The molecule has 0 N–H and O–H groups in total. The number of aromatic nitrogens is 3. The molecule has 26 heavy (non-hydrogen) atoms. The molecule has 0 saturated heterocycles. The van der Waals surface area contributed by atoms with Crippen LogP contribution in [0.4, 0.5) is 0 Å². The maximum Gasteiger partial charge on any atom is 0.191 e. The second-order valence-corrected chi connectivity index (χ2v) is 7.89. The topological polar surface area (TPSA) is 39.9 Å². The molecule has 3 aromatic rings. The Kier molecular flexibility index (Phi) is 6.38. The van der Waals surface area contributed by atoms with Gasteiger partial charge in [-0.05, 0) is 50.1 Å². The van der Waals surface area contributed by atoms with E-state index in [0.717, 1.165) is 39.1 Å². The standard InChI is InChI=1S/C20H22BrN3OS/c1-4-24-19(15(3)25-18-11-6-5-8-14(18)2)22-23-20(24)26-13-16-9-7-10-17(21)12-16/h5-12,15H,4,13H2,1-3H3. The van der Waals surface area contributed by atoms with Crippen LogP contribution in [0.5, 0.6) is 5.75 Å². The van der Waals surface area contributed by atoms with Crippen molar-refractivity contribution < 1.29 is 4.74 Å². The quantitative estimate of drug-likeness (QED) is 0.443. The summed E-state index contributed by atoms with van der Waals surface area (Å²) < 4.78 is 9.35. The lowest BCUT2D eigenvalue weighted by molar-refractivity contribution is 0.208. The van der Waals surface area contributed by atoms with Gasteiger partial charge >= 0.3 is 0 Å². The van der Waals surface area contributed by atoms with E-state index in [-0.39, 0.29) is 6.10 Å². The third kappa shape index (κ3) is 4.48. The minimum Gasteiger partial charge on any atom is -0.482 e. The second kappa shape index (κ2) is 8.73. The molecule has 0 fully saturated rings. The summed E-state index contributed by atoms with van der Waals surface area (Å²) >= 11 is 5.21. The number of ether oxygens (including phenoxy) is 1. The van der Waals surface area contributed by atoms with Crippen LogP contribution >= 0.6 is 27.7 Å². The van der Waals surface area contributed by atoms with E-state index in [1.54, 1.807) is 11.8 Å². The molecule has 1 heterocycles. The zero-order valence-corrected chi connectivity index (χ0v) is 17.5. The molecular weight excluding hydrogens is 410 g/mol. The molecule has 0 aliphatic carbocycles. The Morgan fingerprint density at radius 3 is 2.69 bits per heavy atom. The maximum atomic E-state index is 6.13. The zero-order chi connectivity index (χ0) is 18.5. The number of para-hydroxylation sites is 1. The van der Waals surface area contributed by atoms with Gasteiger partial charge in [0.25, 0.3) is 0 Å². The van der Waals surface area contributed by atoms with Crippen LogP contribution in [0.3, 0.4) is 0 Å². The summed E-state index contributed by atoms with van der Waals surface area (Å²) in [6, 6.07) is 16.4. The Morgan fingerprint density at radius 2 is 1.96 bits per heavy atom. The molecule has 0 saturated carbocycles. The number of nitrogens with zero attached hydrogens (tertiary/aromatic N) is 3. The molecule has 4 nitrogen and oxygen atoms in total. The number of hydrogen-bond donors (Lipinski definition) is 0. The van der Waals surface area contributed by atoms with E-state index < -0.39 is 0 Å². The van der Waals surface area contributed by atoms with Gasteiger partial charge in [-0.1, -0.05) is 58.0 Å². The number of thioether (sulfide) groups is 1. The Hall–Kier alpha value is -1.79. The molecule has 0 aliphatic rings. The van der Waals surface area contributed by atoms with Crippen molar-refractivity contribution in [3.05, 3.63) is 70.0 Å². The van der Waals surface area contributed by atoms with Crippen molar-refractivity contribution in [1.29, 1.82) is 0 Å². The van der Waals surface area contributed by atoms with Crippen LogP contribution in [0.1, 0.15) is 36.9 Å². The van der Waals surface area contributed by atoms with Gasteiger partial charge in [0.05, 0.1) is 0 Å². The fraction of sp³-hybridized carbons (Fsp3) is 0.300. The summed E-state index contributed by atoms with van der Waals surface area (Å²) in [6.07, 6.45) is -0.163. The molecule has 2 aromatic carbocycles. The Balaban J connectivity index is 1.74. The largest absolute Gasteiger partial charge is 0.482 e. The van der Waals surface area contributed by atoms with Crippen LogP contribution < -0.4 is 4.74 Å². The molecule has 0 amide bonds. The van der Waals surface area contributed by atoms with Gasteiger partial charge in [-0.2, -0.15) is 0 Å². The van der Waals surface area contributed by atoms with Crippen molar-refractivity contribution in [3.8, 4) is 5.75 Å². The van der Waals surface area contributed by atoms with Crippen LogP contribution in [-0.4, -0.2) is 14.8 Å². The summed E-state index contributed by atoms with van der Waals surface area (Å²) in [7, 11) is 0. The summed E-state index contributed by atoms with van der Waals surface area (Å²) in [4.78, 5) is 0. The first-order valence-corrected chi connectivity index (χ1v) is 10.4. The lowest BCUT2D eigenvalue weighted by atomic mass is 10.2. The summed E-state index contributed by atoms with van der Waals surface area (Å²) in [5, 5.41) is 9.71. The van der Waals surface area contributed by atoms with Crippen molar-refractivity contribution in [1.82, 2.24) is 14.8 Å². The molecule has 1 unspecified atom stereocenters. The molecule has 136 valence electrons. The van der Waals surface area contributed by atoms with Crippen LogP contribution in [0, 0.1) is 6.92 Å².